The van der Waals surface area contributed by atoms with Crippen LogP contribution in [0.25, 0.3) is 0 Å². The summed E-state index contributed by atoms with van der Waals surface area (Å²) in [5, 5.41) is 0. The molecule has 2 nitrogen and oxygen atoms in total. The highest BCUT2D eigenvalue weighted by molar-refractivity contribution is 5.39. The van der Waals surface area contributed by atoms with Crippen LogP contribution >= 0.6 is 0 Å². The molecule has 1 atom stereocenters. The Balaban J connectivity index is 1.88. The van der Waals surface area contributed by atoms with Crippen LogP contribution in [0.4, 0.5) is 13.2 Å². The van der Waals surface area contributed by atoms with Crippen molar-refractivity contribution in [3.63, 3.8) is 0 Å². The number of alkyl halides is 3. The van der Waals surface area contributed by atoms with E-state index in [1.54, 1.807) is 6.07 Å². The summed E-state index contributed by atoms with van der Waals surface area (Å²) < 4.78 is 38.7. The minimum atomic E-state index is -4.32. The minimum absolute atomic E-state index is 0.169. The van der Waals surface area contributed by atoms with Crippen molar-refractivity contribution in [1.29, 1.82) is 0 Å². The SMILES string of the molecule is NCC1c2cc(C(F)(F)F)ccc2CN1Cc1ccccc1. The summed E-state index contributed by atoms with van der Waals surface area (Å²) in [5.41, 5.74) is 7.99. The third-order valence-corrected chi connectivity index (χ3v) is 4.10. The fourth-order valence-electron chi connectivity index (χ4n) is 3.01. The van der Waals surface area contributed by atoms with E-state index in [1.807, 2.05) is 30.3 Å². The second kappa shape index (κ2) is 5.74. The summed E-state index contributed by atoms with van der Waals surface area (Å²) >= 11 is 0. The van der Waals surface area contributed by atoms with E-state index >= 15 is 0 Å². The van der Waals surface area contributed by atoms with Crippen LogP contribution in [0, 0.1) is 0 Å². The molecule has 1 unspecified atom stereocenters. The molecule has 0 fully saturated rings. The van der Waals surface area contributed by atoms with Gasteiger partial charge < -0.3 is 5.73 Å². The monoisotopic (exact) mass is 306 g/mol. The zero-order valence-electron chi connectivity index (χ0n) is 12.0. The van der Waals surface area contributed by atoms with Crippen molar-refractivity contribution in [3.05, 3.63) is 70.8 Å². The van der Waals surface area contributed by atoms with E-state index in [4.69, 9.17) is 5.73 Å². The number of hydrogen-bond donors (Lipinski definition) is 1. The van der Waals surface area contributed by atoms with Crippen LogP contribution < -0.4 is 5.73 Å². The molecule has 0 bridgehead atoms. The predicted molar refractivity (Wildman–Crippen MR) is 78.9 cm³/mol. The van der Waals surface area contributed by atoms with Crippen molar-refractivity contribution in [2.75, 3.05) is 6.54 Å². The molecule has 116 valence electrons. The van der Waals surface area contributed by atoms with Crippen molar-refractivity contribution in [1.82, 2.24) is 4.90 Å². The van der Waals surface area contributed by atoms with Crippen molar-refractivity contribution in [3.8, 4) is 0 Å². The lowest BCUT2D eigenvalue weighted by Gasteiger charge is -2.24. The molecular weight excluding hydrogens is 289 g/mol. The first-order chi connectivity index (χ1) is 10.5. The van der Waals surface area contributed by atoms with Crippen LogP contribution in [0.1, 0.15) is 28.3 Å². The van der Waals surface area contributed by atoms with Gasteiger partial charge in [0.25, 0.3) is 0 Å². The Morgan fingerprint density at radius 3 is 2.45 bits per heavy atom. The lowest BCUT2D eigenvalue weighted by atomic mass is 10.0. The lowest BCUT2D eigenvalue weighted by molar-refractivity contribution is -0.137. The molecule has 0 aromatic heterocycles. The van der Waals surface area contributed by atoms with E-state index in [-0.39, 0.29) is 6.04 Å². The average Bonchev–Trinajstić information content (AvgIpc) is 2.83. The summed E-state index contributed by atoms with van der Waals surface area (Å²) in [6, 6.07) is 13.7. The molecule has 1 heterocycles. The van der Waals surface area contributed by atoms with E-state index in [9.17, 15) is 13.2 Å². The molecule has 0 radical (unpaired) electrons. The number of nitrogens with two attached hydrogens (primary N) is 1. The highest BCUT2D eigenvalue weighted by Gasteiger charge is 2.35. The van der Waals surface area contributed by atoms with Gasteiger partial charge in [-0.15, -0.1) is 0 Å². The number of nitrogens with zero attached hydrogens (tertiary/aromatic N) is 1. The largest absolute Gasteiger partial charge is 0.416 e. The summed E-state index contributed by atoms with van der Waals surface area (Å²) in [7, 11) is 0. The van der Waals surface area contributed by atoms with Gasteiger partial charge in [0, 0.05) is 25.7 Å². The van der Waals surface area contributed by atoms with Gasteiger partial charge in [0.1, 0.15) is 0 Å². The Morgan fingerprint density at radius 1 is 1.09 bits per heavy atom. The molecular formula is C17H17F3N2. The third kappa shape index (κ3) is 2.87. The van der Waals surface area contributed by atoms with Gasteiger partial charge in [-0.25, -0.2) is 0 Å². The van der Waals surface area contributed by atoms with Gasteiger partial charge in [-0.3, -0.25) is 4.90 Å². The van der Waals surface area contributed by atoms with Crippen molar-refractivity contribution >= 4 is 0 Å². The normalized spacial score (nSPS) is 18.5. The van der Waals surface area contributed by atoms with Gasteiger partial charge in [-0.1, -0.05) is 36.4 Å². The maximum absolute atomic E-state index is 12.9. The van der Waals surface area contributed by atoms with Gasteiger partial charge in [0.15, 0.2) is 0 Å². The zero-order chi connectivity index (χ0) is 15.7. The number of hydrogen-bond acceptors (Lipinski definition) is 2. The smallest absolute Gasteiger partial charge is 0.329 e. The van der Waals surface area contributed by atoms with Crippen LogP contribution in [0.2, 0.25) is 0 Å². The second-order valence-electron chi connectivity index (χ2n) is 5.55. The van der Waals surface area contributed by atoms with E-state index in [1.165, 1.54) is 6.07 Å². The molecule has 2 aromatic carbocycles. The fourth-order valence-corrected chi connectivity index (χ4v) is 3.01. The molecule has 5 heteroatoms. The van der Waals surface area contributed by atoms with E-state index in [0.717, 1.165) is 17.2 Å². The molecule has 3 rings (SSSR count). The van der Waals surface area contributed by atoms with E-state index in [2.05, 4.69) is 4.90 Å². The van der Waals surface area contributed by atoms with Gasteiger partial charge in [-0.2, -0.15) is 13.2 Å². The van der Waals surface area contributed by atoms with Crippen LogP contribution in [0.3, 0.4) is 0 Å². The Labute approximate surface area is 127 Å². The summed E-state index contributed by atoms with van der Waals surface area (Å²) in [5.74, 6) is 0. The molecule has 22 heavy (non-hydrogen) atoms. The van der Waals surface area contributed by atoms with Crippen molar-refractivity contribution < 1.29 is 13.2 Å². The summed E-state index contributed by atoms with van der Waals surface area (Å²) in [4.78, 5) is 2.13. The number of fused-ring (bicyclic) bond motifs is 1. The predicted octanol–water partition coefficient (Wildman–Crippen LogP) is 3.72. The van der Waals surface area contributed by atoms with Crippen LogP contribution in [0.15, 0.2) is 48.5 Å². The van der Waals surface area contributed by atoms with Crippen molar-refractivity contribution in [2.45, 2.75) is 25.3 Å². The molecule has 0 amide bonds. The van der Waals surface area contributed by atoms with Crippen LogP contribution in [-0.4, -0.2) is 11.4 Å². The first-order valence-corrected chi connectivity index (χ1v) is 7.17. The highest BCUT2D eigenvalue weighted by atomic mass is 19.4. The first kappa shape index (κ1) is 15.1. The average molecular weight is 306 g/mol. The molecule has 1 aliphatic rings. The van der Waals surface area contributed by atoms with Gasteiger partial charge in [-0.05, 0) is 28.8 Å². The van der Waals surface area contributed by atoms with Crippen LogP contribution in [0.5, 0.6) is 0 Å². The maximum atomic E-state index is 12.9. The molecule has 2 aromatic rings. The third-order valence-electron chi connectivity index (χ3n) is 4.10. The standard InChI is InChI=1S/C17H17F3N2/c18-17(19,20)14-7-6-13-11-22(16(9-21)15(13)8-14)10-12-4-2-1-3-5-12/h1-8,16H,9-11,21H2. The highest BCUT2D eigenvalue weighted by Crippen LogP contribution is 2.38. The fraction of sp³-hybridized carbons (Fsp3) is 0.294. The summed E-state index contributed by atoms with van der Waals surface area (Å²) in [6.07, 6.45) is -4.32. The molecule has 1 aliphatic heterocycles. The second-order valence-corrected chi connectivity index (χ2v) is 5.55. The number of benzene rings is 2. The zero-order valence-corrected chi connectivity index (χ0v) is 12.0. The van der Waals surface area contributed by atoms with Gasteiger partial charge in [0.2, 0.25) is 0 Å². The Bertz CT molecular complexity index is 653. The minimum Gasteiger partial charge on any atom is -0.329 e. The molecule has 0 saturated carbocycles. The van der Waals surface area contributed by atoms with Gasteiger partial charge >= 0.3 is 6.18 Å². The molecule has 0 saturated heterocycles. The number of halogens is 3. The van der Waals surface area contributed by atoms with Crippen molar-refractivity contribution in [2.24, 2.45) is 5.73 Å². The molecule has 0 spiro atoms. The Kier molecular flexibility index (Phi) is 3.93. The lowest BCUT2D eigenvalue weighted by Crippen LogP contribution is -2.27. The topological polar surface area (TPSA) is 29.3 Å². The van der Waals surface area contributed by atoms with E-state index in [0.29, 0.717) is 25.2 Å². The molecule has 2 N–H and O–H groups in total. The number of rotatable bonds is 3. The maximum Gasteiger partial charge on any atom is 0.416 e. The summed E-state index contributed by atoms with van der Waals surface area (Å²) in [6.45, 7) is 1.62. The first-order valence-electron chi connectivity index (χ1n) is 7.17. The quantitative estimate of drug-likeness (QED) is 0.936. The van der Waals surface area contributed by atoms with Crippen LogP contribution in [-0.2, 0) is 19.3 Å². The Hall–Kier alpha value is -1.85. The van der Waals surface area contributed by atoms with E-state index < -0.39 is 11.7 Å². The Morgan fingerprint density at radius 2 is 1.82 bits per heavy atom. The van der Waals surface area contributed by atoms with Gasteiger partial charge in [0.05, 0.1) is 5.56 Å². The molecule has 0 aliphatic carbocycles.